The average molecular weight is 378 g/mol. The maximum absolute atomic E-state index is 12.6. The number of hydrogen-bond acceptors (Lipinski definition) is 5. The van der Waals surface area contributed by atoms with Gasteiger partial charge in [-0.25, -0.2) is 9.97 Å². The van der Waals surface area contributed by atoms with E-state index in [2.05, 4.69) is 14.9 Å². The smallest absolute Gasteiger partial charge is 0.401 e. The van der Waals surface area contributed by atoms with Gasteiger partial charge in [-0.05, 0) is 18.6 Å². The molecule has 144 valence electrons. The third-order valence-corrected chi connectivity index (χ3v) is 4.96. The minimum Gasteiger partial charge on any atom is -0.487 e. The van der Waals surface area contributed by atoms with Crippen LogP contribution in [0.4, 0.5) is 19.0 Å². The molecule has 0 atom stereocenters. The molecule has 1 saturated heterocycles. The standard InChI is InChI=1S/C19H21F3N4O/c1-13-23-16-11-27-17-5-3-2-4-14(17)10-15(16)18(24-13)26-8-6-25(7-9-26)12-19(20,21)22/h2-5H,6-12H2,1H3. The number of fused-ring (bicyclic) bond motifs is 2. The van der Waals surface area contributed by atoms with Crippen molar-refractivity contribution in [1.29, 1.82) is 0 Å². The van der Waals surface area contributed by atoms with Gasteiger partial charge in [0.05, 0.1) is 12.2 Å². The highest BCUT2D eigenvalue weighted by molar-refractivity contribution is 5.54. The molecule has 1 aromatic carbocycles. The maximum Gasteiger partial charge on any atom is 0.401 e. The number of nitrogens with zero attached hydrogens (tertiary/aromatic N) is 4. The van der Waals surface area contributed by atoms with Crippen molar-refractivity contribution in [3.8, 4) is 5.75 Å². The second-order valence-corrected chi connectivity index (χ2v) is 6.97. The lowest BCUT2D eigenvalue weighted by Gasteiger charge is -2.36. The Morgan fingerprint density at radius 1 is 1.07 bits per heavy atom. The van der Waals surface area contributed by atoms with Gasteiger partial charge >= 0.3 is 6.18 Å². The van der Waals surface area contributed by atoms with E-state index in [-0.39, 0.29) is 0 Å². The van der Waals surface area contributed by atoms with Gasteiger partial charge in [0.25, 0.3) is 0 Å². The Bertz CT molecular complexity index is 832. The number of halogens is 3. The highest BCUT2D eigenvalue weighted by Crippen LogP contribution is 2.32. The van der Waals surface area contributed by atoms with Crippen LogP contribution in [0.1, 0.15) is 22.6 Å². The van der Waals surface area contributed by atoms with Crippen LogP contribution in [0.3, 0.4) is 0 Å². The van der Waals surface area contributed by atoms with Gasteiger partial charge in [-0.1, -0.05) is 18.2 Å². The zero-order chi connectivity index (χ0) is 19.0. The Hall–Kier alpha value is -2.35. The first-order valence-corrected chi connectivity index (χ1v) is 9.00. The fraction of sp³-hybridized carbons (Fsp3) is 0.474. The summed E-state index contributed by atoms with van der Waals surface area (Å²) in [4.78, 5) is 12.7. The molecule has 2 aliphatic heterocycles. The molecule has 2 aromatic rings. The number of aromatic nitrogens is 2. The van der Waals surface area contributed by atoms with Crippen LogP contribution in [0, 0.1) is 6.92 Å². The van der Waals surface area contributed by atoms with Crippen LogP contribution in [-0.4, -0.2) is 53.8 Å². The van der Waals surface area contributed by atoms with Crippen molar-refractivity contribution >= 4 is 5.82 Å². The van der Waals surface area contributed by atoms with E-state index in [1.807, 2.05) is 31.2 Å². The monoisotopic (exact) mass is 378 g/mol. The first kappa shape index (κ1) is 18.0. The number of para-hydroxylation sites is 1. The lowest BCUT2D eigenvalue weighted by Crippen LogP contribution is -2.49. The zero-order valence-electron chi connectivity index (χ0n) is 15.1. The molecule has 3 heterocycles. The van der Waals surface area contributed by atoms with E-state index in [0.717, 1.165) is 28.4 Å². The van der Waals surface area contributed by atoms with Gasteiger partial charge in [0.15, 0.2) is 0 Å². The van der Waals surface area contributed by atoms with Crippen molar-refractivity contribution < 1.29 is 17.9 Å². The van der Waals surface area contributed by atoms with Crippen molar-refractivity contribution in [3.63, 3.8) is 0 Å². The van der Waals surface area contributed by atoms with Crippen LogP contribution in [0.25, 0.3) is 0 Å². The molecule has 0 amide bonds. The van der Waals surface area contributed by atoms with Gasteiger partial charge in [0.2, 0.25) is 0 Å². The van der Waals surface area contributed by atoms with Gasteiger partial charge in [0.1, 0.15) is 24.0 Å². The van der Waals surface area contributed by atoms with Crippen molar-refractivity contribution in [1.82, 2.24) is 14.9 Å². The van der Waals surface area contributed by atoms with Crippen LogP contribution in [0.2, 0.25) is 0 Å². The molecular formula is C19H21F3N4O. The summed E-state index contributed by atoms with van der Waals surface area (Å²) in [6, 6.07) is 7.87. The second-order valence-electron chi connectivity index (χ2n) is 6.97. The summed E-state index contributed by atoms with van der Waals surface area (Å²) in [7, 11) is 0. The van der Waals surface area contributed by atoms with Gasteiger partial charge in [0, 0.05) is 38.2 Å². The molecule has 5 nitrogen and oxygen atoms in total. The fourth-order valence-electron chi connectivity index (χ4n) is 3.70. The van der Waals surface area contributed by atoms with Gasteiger partial charge in [-0.2, -0.15) is 13.2 Å². The number of ether oxygens (including phenoxy) is 1. The van der Waals surface area contributed by atoms with Gasteiger partial charge in [-0.15, -0.1) is 0 Å². The molecule has 0 radical (unpaired) electrons. The number of benzene rings is 1. The Morgan fingerprint density at radius 3 is 2.56 bits per heavy atom. The SMILES string of the molecule is Cc1nc2c(c(N3CCN(CC(F)(F)F)CC3)n1)Cc1ccccc1OC2. The normalized spacial score (nSPS) is 17.7. The molecule has 0 unspecified atom stereocenters. The number of aryl methyl sites for hydroxylation is 1. The Morgan fingerprint density at radius 2 is 1.81 bits per heavy atom. The molecule has 8 heteroatoms. The Labute approximate surface area is 155 Å². The van der Waals surface area contributed by atoms with E-state index in [1.54, 1.807) is 0 Å². The zero-order valence-corrected chi connectivity index (χ0v) is 15.1. The van der Waals surface area contributed by atoms with E-state index >= 15 is 0 Å². The molecule has 2 aliphatic rings. The summed E-state index contributed by atoms with van der Waals surface area (Å²) < 4.78 is 43.8. The molecule has 27 heavy (non-hydrogen) atoms. The van der Waals surface area contributed by atoms with E-state index in [1.165, 1.54) is 4.90 Å². The van der Waals surface area contributed by atoms with Crippen molar-refractivity contribution in [2.45, 2.75) is 26.1 Å². The fourth-order valence-corrected chi connectivity index (χ4v) is 3.70. The number of anilines is 1. The van der Waals surface area contributed by atoms with Gasteiger partial charge in [-0.3, -0.25) is 4.90 Å². The van der Waals surface area contributed by atoms with E-state index < -0.39 is 12.7 Å². The topological polar surface area (TPSA) is 41.5 Å². The summed E-state index contributed by atoms with van der Waals surface area (Å²) in [6.45, 7) is 3.11. The average Bonchev–Trinajstić information content (AvgIpc) is 2.80. The molecule has 1 aromatic heterocycles. The maximum atomic E-state index is 12.6. The summed E-state index contributed by atoms with van der Waals surface area (Å²) in [6.07, 6.45) is -3.50. The van der Waals surface area contributed by atoms with E-state index in [0.29, 0.717) is 45.0 Å². The molecule has 0 spiro atoms. The van der Waals surface area contributed by atoms with Crippen LogP contribution >= 0.6 is 0 Å². The van der Waals surface area contributed by atoms with Crippen molar-refractivity contribution in [2.24, 2.45) is 0 Å². The van der Waals surface area contributed by atoms with Crippen molar-refractivity contribution in [2.75, 3.05) is 37.6 Å². The summed E-state index contributed by atoms with van der Waals surface area (Å²) in [5.41, 5.74) is 2.93. The lowest BCUT2D eigenvalue weighted by molar-refractivity contribution is -0.146. The predicted molar refractivity (Wildman–Crippen MR) is 95.1 cm³/mol. The van der Waals surface area contributed by atoms with Gasteiger partial charge < -0.3 is 9.64 Å². The number of rotatable bonds is 2. The first-order chi connectivity index (χ1) is 12.9. The first-order valence-electron chi connectivity index (χ1n) is 9.00. The Balaban J connectivity index is 1.59. The quantitative estimate of drug-likeness (QED) is 0.804. The second kappa shape index (κ2) is 6.99. The molecule has 4 rings (SSSR count). The largest absolute Gasteiger partial charge is 0.487 e. The lowest BCUT2D eigenvalue weighted by atomic mass is 10.0. The van der Waals surface area contributed by atoms with Crippen LogP contribution < -0.4 is 9.64 Å². The minimum atomic E-state index is -4.16. The third kappa shape index (κ3) is 4.00. The molecular weight excluding hydrogens is 357 g/mol. The summed E-state index contributed by atoms with van der Waals surface area (Å²) >= 11 is 0. The molecule has 0 saturated carbocycles. The molecule has 0 N–H and O–H groups in total. The minimum absolute atomic E-state index is 0.365. The van der Waals surface area contributed by atoms with Crippen LogP contribution in [0.15, 0.2) is 24.3 Å². The number of alkyl halides is 3. The number of piperazine rings is 1. The molecule has 0 bridgehead atoms. The van der Waals surface area contributed by atoms with Crippen LogP contribution in [0.5, 0.6) is 5.75 Å². The molecule has 0 aliphatic carbocycles. The third-order valence-electron chi connectivity index (χ3n) is 4.96. The molecule has 1 fully saturated rings. The highest BCUT2D eigenvalue weighted by Gasteiger charge is 2.33. The van der Waals surface area contributed by atoms with E-state index in [9.17, 15) is 13.2 Å². The summed E-state index contributed by atoms with van der Waals surface area (Å²) in [5, 5.41) is 0. The summed E-state index contributed by atoms with van der Waals surface area (Å²) in [5.74, 6) is 2.31. The predicted octanol–water partition coefficient (Wildman–Crippen LogP) is 2.95. The van der Waals surface area contributed by atoms with Crippen LogP contribution in [-0.2, 0) is 13.0 Å². The Kier molecular flexibility index (Phi) is 4.67. The number of hydrogen-bond donors (Lipinski definition) is 0. The van der Waals surface area contributed by atoms with E-state index in [4.69, 9.17) is 4.74 Å². The van der Waals surface area contributed by atoms with Crippen molar-refractivity contribution in [3.05, 3.63) is 46.9 Å². The highest BCUT2D eigenvalue weighted by atomic mass is 19.4.